The van der Waals surface area contributed by atoms with Crippen LogP contribution in [0.25, 0.3) is 0 Å². The normalized spacial score (nSPS) is 10.4. The number of nitrogen functional groups attached to an aromatic ring is 2. The summed E-state index contributed by atoms with van der Waals surface area (Å²) in [7, 11) is 2.54. The highest BCUT2D eigenvalue weighted by atomic mass is 33.1. The molecule has 0 saturated heterocycles. The summed E-state index contributed by atoms with van der Waals surface area (Å²) in [5.74, 6) is 0. The lowest BCUT2D eigenvalue weighted by Gasteiger charge is -2.06. The van der Waals surface area contributed by atoms with Crippen molar-refractivity contribution in [3.8, 4) is 0 Å². The molecule has 0 atom stereocenters. The summed E-state index contributed by atoms with van der Waals surface area (Å²) in [6.07, 6.45) is 0. The Morgan fingerprint density at radius 2 is 1.14 bits per heavy atom. The molecular formula is C12H10N4O4S2. The minimum absolute atomic E-state index is 0.0818. The van der Waals surface area contributed by atoms with Crippen molar-refractivity contribution in [3.05, 3.63) is 56.6 Å². The molecule has 0 radical (unpaired) electrons. The summed E-state index contributed by atoms with van der Waals surface area (Å²) in [6.45, 7) is 0. The molecule has 2 aromatic rings. The zero-order chi connectivity index (χ0) is 16.3. The van der Waals surface area contributed by atoms with Gasteiger partial charge in [-0.3, -0.25) is 20.2 Å². The van der Waals surface area contributed by atoms with Gasteiger partial charge in [0.15, 0.2) is 0 Å². The van der Waals surface area contributed by atoms with Gasteiger partial charge in [-0.2, -0.15) is 0 Å². The molecule has 0 bridgehead atoms. The first-order chi connectivity index (χ1) is 10.4. The van der Waals surface area contributed by atoms with E-state index in [1.54, 1.807) is 12.1 Å². The Bertz CT molecular complexity index is 690. The van der Waals surface area contributed by atoms with E-state index in [1.165, 1.54) is 45.9 Å². The molecule has 0 spiro atoms. The second-order valence-corrected chi connectivity index (χ2v) is 6.34. The Morgan fingerprint density at radius 3 is 1.41 bits per heavy atom. The summed E-state index contributed by atoms with van der Waals surface area (Å²) >= 11 is 0. The maximum atomic E-state index is 10.6. The summed E-state index contributed by atoms with van der Waals surface area (Å²) in [5.41, 5.74) is 11.9. The number of nitrogens with two attached hydrogens (primary N) is 2. The Kier molecular flexibility index (Phi) is 4.73. The van der Waals surface area contributed by atoms with Crippen LogP contribution in [0.1, 0.15) is 0 Å². The fourth-order valence-electron chi connectivity index (χ4n) is 1.54. The van der Waals surface area contributed by atoms with Crippen LogP contribution in [-0.2, 0) is 0 Å². The van der Waals surface area contributed by atoms with Crippen molar-refractivity contribution in [1.82, 2.24) is 0 Å². The molecule has 0 aliphatic rings. The van der Waals surface area contributed by atoms with Crippen LogP contribution in [0.3, 0.4) is 0 Å². The van der Waals surface area contributed by atoms with E-state index in [-0.39, 0.29) is 22.7 Å². The molecule has 2 rings (SSSR count). The Labute approximate surface area is 132 Å². The Hall–Kier alpha value is -2.46. The standard InChI is InChI=1S/C12H10N4O4S2/c13-9-5-7(15(17)18)1-3-11(9)21-22-12-4-2-8(16(19)20)6-10(12)14/h1-6H,13-14H2. The van der Waals surface area contributed by atoms with Gasteiger partial charge in [-0.25, -0.2) is 0 Å². The van der Waals surface area contributed by atoms with Gasteiger partial charge in [0.05, 0.1) is 21.2 Å². The maximum absolute atomic E-state index is 10.6. The summed E-state index contributed by atoms with van der Waals surface area (Å²) in [6, 6.07) is 8.38. The largest absolute Gasteiger partial charge is 0.398 e. The summed E-state index contributed by atoms with van der Waals surface area (Å²) in [5, 5.41) is 21.3. The molecule has 0 aliphatic heterocycles. The van der Waals surface area contributed by atoms with Crippen molar-refractivity contribution < 1.29 is 9.85 Å². The van der Waals surface area contributed by atoms with E-state index in [0.717, 1.165) is 0 Å². The topological polar surface area (TPSA) is 138 Å². The molecule has 22 heavy (non-hydrogen) atoms. The number of nitro benzene ring substituents is 2. The zero-order valence-electron chi connectivity index (χ0n) is 11.0. The van der Waals surface area contributed by atoms with E-state index in [4.69, 9.17) is 11.5 Å². The molecule has 0 unspecified atom stereocenters. The number of nitrogens with zero attached hydrogens (tertiary/aromatic N) is 2. The van der Waals surface area contributed by atoms with Crippen molar-refractivity contribution in [2.24, 2.45) is 0 Å². The van der Waals surface area contributed by atoms with Gasteiger partial charge < -0.3 is 11.5 Å². The van der Waals surface area contributed by atoms with Gasteiger partial charge >= 0.3 is 0 Å². The second-order valence-electron chi connectivity index (χ2n) is 4.13. The van der Waals surface area contributed by atoms with Gasteiger partial charge in [-0.15, -0.1) is 0 Å². The zero-order valence-corrected chi connectivity index (χ0v) is 12.6. The smallest absolute Gasteiger partial charge is 0.271 e. The third-order valence-electron chi connectivity index (χ3n) is 2.63. The monoisotopic (exact) mass is 338 g/mol. The molecule has 8 nitrogen and oxygen atoms in total. The number of rotatable bonds is 5. The summed E-state index contributed by atoms with van der Waals surface area (Å²) in [4.78, 5) is 21.5. The Morgan fingerprint density at radius 1 is 0.773 bits per heavy atom. The van der Waals surface area contributed by atoms with E-state index >= 15 is 0 Å². The fraction of sp³-hybridized carbons (Fsp3) is 0. The molecule has 0 aliphatic carbocycles. The molecule has 4 N–H and O–H groups in total. The first-order valence-corrected chi connectivity index (χ1v) is 7.96. The first-order valence-electron chi connectivity index (χ1n) is 5.81. The summed E-state index contributed by atoms with van der Waals surface area (Å²) < 4.78 is 0. The van der Waals surface area contributed by atoms with Crippen LogP contribution in [0.5, 0.6) is 0 Å². The third kappa shape index (κ3) is 3.59. The lowest BCUT2D eigenvalue weighted by molar-refractivity contribution is -0.385. The second kappa shape index (κ2) is 6.54. The van der Waals surface area contributed by atoms with E-state index < -0.39 is 9.85 Å². The molecule has 114 valence electrons. The quantitative estimate of drug-likeness (QED) is 0.365. The van der Waals surface area contributed by atoms with Gasteiger partial charge in [0.1, 0.15) is 0 Å². The average Bonchev–Trinajstić information content (AvgIpc) is 2.46. The fourth-order valence-corrected chi connectivity index (χ4v) is 3.73. The molecule has 0 saturated carbocycles. The van der Waals surface area contributed by atoms with Crippen molar-refractivity contribution in [3.63, 3.8) is 0 Å². The number of anilines is 2. The first kappa shape index (κ1) is 15.9. The van der Waals surface area contributed by atoms with Crippen molar-refractivity contribution in [2.45, 2.75) is 9.79 Å². The molecule has 0 amide bonds. The van der Waals surface area contributed by atoms with E-state index in [1.807, 2.05) is 0 Å². The SMILES string of the molecule is Nc1cc([N+](=O)[O-])ccc1SSc1ccc([N+](=O)[O-])cc1N. The Balaban J connectivity index is 2.13. The van der Waals surface area contributed by atoms with Crippen LogP contribution in [0, 0.1) is 20.2 Å². The van der Waals surface area contributed by atoms with Crippen LogP contribution in [0.15, 0.2) is 46.2 Å². The minimum atomic E-state index is -0.522. The predicted molar refractivity (Wildman–Crippen MR) is 86.7 cm³/mol. The van der Waals surface area contributed by atoms with Gasteiger partial charge in [0.25, 0.3) is 11.4 Å². The minimum Gasteiger partial charge on any atom is -0.398 e. The molecule has 0 fully saturated rings. The molecule has 10 heteroatoms. The highest BCUT2D eigenvalue weighted by Crippen LogP contribution is 2.43. The maximum Gasteiger partial charge on any atom is 0.271 e. The highest BCUT2D eigenvalue weighted by Gasteiger charge is 2.12. The van der Waals surface area contributed by atoms with Crippen molar-refractivity contribution in [2.75, 3.05) is 11.5 Å². The number of non-ortho nitro benzene ring substituents is 2. The van der Waals surface area contributed by atoms with Gasteiger partial charge in [0, 0.05) is 34.1 Å². The molecule has 0 heterocycles. The number of hydrogen-bond donors (Lipinski definition) is 2. The van der Waals surface area contributed by atoms with E-state index in [0.29, 0.717) is 9.79 Å². The average molecular weight is 338 g/mol. The molecule has 0 aromatic heterocycles. The lowest BCUT2D eigenvalue weighted by Crippen LogP contribution is -1.93. The van der Waals surface area contributed by atoms with Crippen molar-refractivity contribution >= 4 is 44.3 Å². The number of benzene rings is 2. The van der Waals surface area contributed by atoms with Crippen LogP contribution in [-0.4, -0.2) is 9.85 Å². The lowest BCUT2D eigenvalue weighted by atomic mass is 10.3. The highest BCUT2D eigenvalue weighted by molar-refractivity contribution is 8.76. The van der Waals surface area contributed by atoms with Gasteiger partial charge in [0.2, 0.25) is 0 Å². The van der Waals surface area contributed by atoms with Gasteiger partial charge in [-0.05, 0) is 12.1 Å². The number of hydrogen-bond acceptors (Lipinski definition) is 8. The molecular weight excluding hydrogens is 328 g/mol. The third-order valence-corrected chi connectivity index (χ3v) is 5.14. The van der Waals surface area contributed by atoms with Crippen LogP contribution >= 0.6 is 21.6 Å². The van der Waals surface area contributed by atoms with Gasteiger partial charge in [-0.1, -0.05) is 21.6 Å². The number of nitro groups is 2. The van der Waals surface area contributed by atoms with E-state index in [9.17, 15) is 20.2 Å². The van der Waals surface area contributed by atoms with Crippen LogP contribution in [0.4, 0.5) is 22.7 Å². The molecule has 2 aromatic carbocycles. The van der Waals surface area contributed by atoms with Crippen LogP contribution < -0.4 is 11.5 Å². The van der Waals surface area contributed by atoms with Crippen molar-refractivity contribution in [1.29, 1.82) is 0 Å². The van der Waals surface area contributed by atoms with E-state index in [2.05, 4.69) is 0 Å². The van der Waals surface area contributed by atoms with Crippen LogP contribution in [0.2, 0.25) is 0 Å². The predicted octanol–water partition coefficient (Wildman–Crippen LogP) is 3.47.